The quantitative estimate of drug-likeness (QED) is 0.425. The summed E-state index contributed by atoms with van der Waals surface area (Å²) in [6.45, 7) is 2.07. The predicted octanol–water partition coefficient (Wildman–Crippen LogP) is 3.62. The summed E-state index contributed by atoms with van der Waals surface area (Å²) in [5.41, 5.74) is 3.21. The zero-order valence-corrected chi connectivity index (χ0v) is 20.4. The Bertz CT molecular complexity index is 1380. The highest BCUT2D eigenvalue weighted by Crippen LogP contribution is 2.29. The first-order chi connectivity index (χ1) is 16.6. The van der Waals surface area contributed by atoms with Gasteiger partial charge in [0.05, 0.1) is 39.0 Å². The van der Waals surface area contributed by atoms with E-state index in [0.29, 0.717) is 14.9 Å². The van der Waals surface area contributed by atoms with Crippen LogP contribution in [0.2, 0.25) is 4.34 Å². The molecule has 0 saturated carbocycles. The second-order valence-electron chi connectivity index (χ2n) is 7.62. The monoisotopic (exact) mass is 512 g/mol. The van der Waals surface area contributed by atoms with E-state index >= 15 is 0 Å². The third kappa shape index (κ3) is 4.89. The fourth-order valence-electron chi connectivity index (χ4n) is 3.75. The Morgan fingerprint density at radius 3 is 2.71 bits per heavy atom. The molecule has 11 heteroatoms. The molecule has 0 spiro atoms. The van der Waals surface area contributed by atoms with Crippen molar-refractivity contribution in [2.45, 2.75) is 6.54 Å². The zero-order chi connectivity index (χ0) is 23.5. The van der Waals surface area contributed by atoms with E-state index in [1.54, 1.807) is 39.7 Å². The van der Waals surface area contributed by atoms with E-state index in [1.165, 1.54) is 11.3 Å². The largest absolute Gasteiger partial charge is 0.368 e. The van der Waals surface area contributed by atoms with Crippen molar-refractivity contribution in [1.82, 2.24) is 24.9 Å². The molecule has 3 aromatic heterocycles. The number of pyridine rings is 1. The molecular formula is C23H21ClN6O2S2. The van der Waals surface area contributed by atoms with Gasteiger partial charge in [-0.05, 0) is 36.4 Å². The van der Waals surface area contributed by atoms with Gasteiger partial charge in [0.1, 0.15) is 5.69 Å². The fourth-order valence-corrected chi connectivity index (χ4v) is 5.61. The van der Waals surface area contributed by atoms with Crippen LogP contribution >= 0.6 is 34.7 Å². The molecular weight excluding hydrogens is 492 g/mol. The lowest BCUT2D eigenvalue weighted by Crippen LogP contribution is -2.33. The Balaban J connectivity index is 1.42. The van der Waals surface area contributed by atoms with Crippen LogP contribution in [0.4, 0.5) is 5.69 Å². The number of anilines is 1. The Kier molecular flexibility index (Phi) is 6.70. The third-order valence-electron chi connectivity index (χ3n) is 5.43. The van der Waals surface area contributed by atoms with Crippen molar-refractivity contribution in [3.8, 4) is 11.4 Å². The second-order valence-corrected chi connectivity index (χ2v) is 10.6. The van der Waals surface area contributed by atoms with E-state index in [1.807, 2.05) is 42.2 Å². The summed E-state index contributed by atoms with van der Waals surface area (Å²) in [5, 5.41) is 11.4. The van der Waals surface area contributed by atoms with E-state index in [9.17, 15) is 9.59 Å². The first kappa shape index (κ1) is 22.7. The van der Waals surface area contributed by atoms with Crippen molar-refractivity contribution >= 4 is 46.3 Å². The van der Waals surface area contributed by atoms with Crippen molar-refractivity contribution in [2.24, 2.45) is 0 Å². The molecule has 5 rings (SSSR count). The maximum Gasteiger partial charge on any atom is 0.261 e. The van der Waals surface area contributed by atoms with Crippen LogP contribution in [-0.4, -0.2) is 50.1 Å². The minimum Gasteiger partial charge on any atom is -0.368 e. The molecule has 4 heterocycles. The molecule has 1 saturated heterocycles. The number of thiophene rings is 1. The average Bonchev–Trinajstić information content (AvgIpc) is 3.52. The minimum atomic E-state index is -0.199. The summed E-state index contributed by atoms with van der Waals surface area (Å²) < 4.78 is 3.92. The first-order valence-electron chi connectivity index (χ1n) is 10.7. The van der Waals surface area contributed by atoms with Crippen molar-refractivity contribution < 1.29 is 4.79 Å². The number of halogens is 1. The van der Waals surface area contributed by atoms with Crippen LogP contribution in [0.5, 0.6) is 0 Å². The molecule has 0 unspecified atom stereocenters. The molecule has 1 N–H and O–H groups in total. The Hall–Kier alpha value is -3.08. The summed E-state index contributed by atoms with van der Waals surface area (Å²) in [6, 6.07) is 14.4. The predicted molar refractivity (Wildman–Crippen MR) is 137 cm³/mol. The molecule has 1 amide bonds. The number of rotatable bonds is 6. The molecule has 8 nitrogen and oxygen atoms in total. The highest BCUT2D eigenvalue weighted by atomic mass is 35.5. The van der Waals surface area contributed by atoms with Gasteiger partial charge < -0.3 is 10.2 Å². The van der Waals surface area contributed by atoms with Crippen molar-refractivity contribution in [3.05, 3.63) is 86.2 Å². The first-order valence-corrected chi connectivity index (χ1v) is 13.0. The Morgan fingerprint density at radius 2 is 1.94 bits per heavy atom. The van der Waals surface area contributed by atoms with E-state index in [0.717, 1.165) is 41.7 Å². The molecule has 0 atom stereocenters. The molecule has 0 radical (unpaired) electrons. The minimum absolute atomic E-state index is 0.0822. The Labute approximate surface area is 209 Å². The van der Waals surface area contributed by atoms with Gasteiger partial charge in [-0.15, -0.1) is 16.4 Å². The number of hydrogen-bond acceptors (Lipinski definition) is 7. The number of carbonyl (C=O) groups is 1. The van der Waals surface area contributed by atoms with E-state index < -0.39 is 0 Å². The number of aromatic nitrogens is 4. The second kappa shape index (κ2) is 10.0. The maximum atomic E-state index is 12.4. The van der Waals surface area contributed by atoms with Gasteiger partial charge in [-0.1, -0.05) is 22.9 Å². The van der Waals surface area contributed by atoms with Crippen molar-refractivity contribution in [2.75, 3.05) is 29.5 Å². The van der Waals surface area contributed by atoms with Gasteiger partial charge in [0.2, 0.25) is 0 Å². The molecule has 4 aromatic rings. The summed E-state index contributed by atoms with van der Waals surface area (Å²) in [4.78, 5) is 27.6. The number of benzene rings is 1. The molecule has 1 fully saturated rings. The Morgan fingerprint density at radius 1 is 1.09 bits per heavy atom. The summed E-state index contributed by atoms with van der Waals surface area (Å²) in [7, 11) is 0. The van der Waals surface area contributed by atoms with Gasteiger partial charge in [-0.25, -0.2) is 4.68 Å². The average molecular weight is 513 g/mol. The molecule has 34 heavy (non-hydrogen) atoms. The summed E-state index contributed by atoms with van der Waals surface area (Å²) >= 11 is 9.08. The summed E-state index contributed by atoms with van der Waals surface area (Å²) in [6.07, 6.45) is 3.58. The normalized spacial score (nSPS) is 13.7. The molecule has 0 aliphatic carbocycles. The molecule has 0 bridgehead atoms. The SMILES string of the molecule is O=C(NCc1cn(-c2ccc(-n3ccccc3=O)cc2N2CCSCC2)nn1)c1ccc(Cl)s1. The standard InChI is InChI=1S/C23H21ClN6O2S2/c24-21-7-6-20(34-21)23(32)25-14-16-15-30(27-26-16)18-5-4-17(29-8-2-1-3-22(29)31)13-19(18)28-9-11-33-12-10-28/h1-8,13,15H,9-12,14H2,(H,25,32). The lowest BCUT2D eigenvalue weighted by molar-refractivity contribution is 0.0954. The molecule has 1 aliphatic heterocycles. The third-order valence-corrected chi connectivity index (χ3v) is 7.60. The smallest absolute Gasteiger partial charge is 0.261 e. The zero-order valence-electron chi connectivity index (χ0n) is 18.1. The van der Waals surface area contributed by atoms with Crippen molar-refractivity contribution in [1.29, 1.82) is 0 Å². The van der Waals surface area contributed by atoms with Gasteiger partial charge in [-0.2, -0.15) is 11.8 Å². The van der Waals surface area contributed by atoms with Crippen LogP contribution in [0.25, 0.3) is 11.4 Å². The van der Waals surface area contributed by atoms with Gasteiger partial charge >= 0.3 is 0 Å². The number of hydrogen-bond donors (Lipinski definition) is 1. The molecule has 1 aromatic carbocycles. The van der Waals surface area contributed by atoms with Gasteiger partial charge in [0.15, 0.2) is 0 Å². The fraction of sp³-hybridized carbons (Fsp3) is 0.217. The number of nitrogens with zero attached hydrogens (tertiary/aromatic N) is 5. The van der Waals surface area contributed by atoms with Gasteiger partial charge in [0, 0.05) is 36.9 Å². The highest BCUT2D eigenvalue weighted by Gasteiger charge is 2.18. The molecule has 174 valence electrons. The summed E-state index contributed by atoms with van der Waals surface area (Å²) in [5.74, 6) is 1.88. The highest BCUT2D eigenvalue weighted by molar-refractivity contribution is 7.99. The van der Waals surface area contributed by atoms with Crippen LogP contribution in [0.15, 0.2) is 65.7 Å². The maximum absolute atomic E-state index is 12.4. The van der Waals surface area contributed by atoms with E-state index in [-0.39, 0.29) is 18.0 Å². The van der Waals surface area contributed by atoms with Crippen LogP contribution in [0.3, 0.4) is 0 Å². The number of thioether (sulfide) groups is 1. The lowest BCUT2D eigenvalue weighted by Gasteiger charge is -2.30. The van der Waals surface area contributed by atoms with Crippen LogP contribution < -0.4 is 15.8 Å². The number of amides is 1. The van der Waals surface area contributed by atoms with Gasteiger partial charge in [0.25, 0.3) is 11.5 Å². The lowest BCUT2D eigenvalue weighted by atomic mass is 10.2. The number of nitrogens with one attached hydrogen (secondary N) is 1. The van der Waals surface area contributed by atoms with Gasteiger partial charge in [-0.3, -0.25) is 14.2 Å². The van der Waals surface area contributed by atoms with E-state index in [4.69, 9.17) is 11.6 Å². The van der Waals surface area contributed by atoms with Crippen LogP contribution in [0, 0.1) is 0 Å². The van der Waals surface area contributed by atoms with E-state index in [2.05, 4.69) is 20.5 Å². The topological polar surface area (TPSA) is 85.0 Å². The van der Waals surface area contributed by atoms with Crippen LogP contribution in [0.1, 0.15) is 15.4 Å². The molecule has 1 aliphatic rings. The van der Waals surface area contributed by atoms with Crippen LogP contribution in [-0.2, 0) is 6.54 Å². The number of carbonyl (C=O) groups excluding carboxylic acids is 1. The van der Waals surface area contributed by atoms with Crippen molar-refractivity contribution in [3.63, 3.8) is 0 Å².